The Balaban J connectivity index is 0.998. The van der Waals surface area contributed by atoms with E-state index in [9.17, 15) is 13.2 Å². The molecule has 472 valence electrons. The Morgan fingerprint density at radius 3 is 1.27 bits per heavy atom. The van der Waals surface area contributed by atoms with Crippen molar-refractivity contribution in [2.75, 3.05) is 47.3 Å². The van der Waals surface area contributed by atoms with Crippen molar-refractivity contribution in [3.63, 3.8) is 0 Å². The first kappa shape index (κ1) is 58.3. The predicted molar refractivity (Wildman–Crippen MR) is 388 cm³/mol. The van der Waals surface area contributed by atoms with E-state index in [1.807, 2.05) is 36.4 Å². The van der Waals surface area contributed by atoms with E-state index in [2.05, 4.69) is 228 Å². The van der Waals surface area contributed by atoms with E-state index in [1.165, 1.54) is 21.9 Å². The van der Waals surface area contributed by atoms with Crippen LogP contribution in [0.2, 0.25) is 0 Å². The fraction of sp³-hybridized carbons (Fsp3) is 0.108. The summed E-state index contributed by atoms with van der Waals surface area (Å²) < 4.78 is 106. The van der Waals surface area contributed by atoms with Gasteiger partial charge in [0, 0.05) is 55.1 Å². The fourth-order valence-electron chi connectivity index (χ4n) is 15.8. The highest BCUT2D eigenvalue weighted by atomic mass is 32.3. The first-order chi connectivity index (χ1) is 46.2. The van der Waals surface area contributed by atoms with Gasteiger partial charge in [-0.2, -0.15) is 26.3 Å². The normalized spacial score (nSPS) is 14.0. The highest BCUT2D eigenvalue weighted by Crippen LogP contribution is 2.65. The minimum absolute atomic E-state index is 0.238. The molecule has 16 aromatic rings. The summed E-state index contributed by atoms with van der Waals surface area (Å²) in [7, 11) is -2.40. The Labute approximate surface area is 551 Å². The molecule has 96 heavy (non-hydrogen) atoms. The molecule has 0 saturated carbocycles. The Hall–Kier alpha value is -10.3. The molecule has 0 fully saturated rings. The third-order valence-corrected chi connectivity index (χ3v) is 23.3. The van der Waals surface area contributed by atoms with Crippen molar-refractivity contribution in [2.24, 2.45) is 0 Å². The number of rotatable bonds is 8. The molecule has 1 spiro atoms. The van der Waals surface area contributed by atoms with Gasteiger partial charge in [-0.1, -0.05) is 140 Å². The molecule has 0 N–H and O–H groups in total. The van der Waals surface area contributed by atoms with Crippen LogP contribution in [0.5, 0.6) is 0 Å². The lowest BCUT2D eigenvalue weighted by atomic mass is 9.65. The largest absolute Gasteiger partial charge is 0.453 e. The average Bonchev–Trinajstić information content (AvgIpc) is 1.48. The number of fused-ring (bicyclic) bond motifs is 22. The lowest BCUT2D eigenvalue weighted by molar-refractivity contribution is -0.137. The molecule has 5 nitrogen and oxygen atoms in total. The predicted octanol–water partition coefficient (Wildman–Crippen LogP) is 24.6. The molecule has 0 amide bonds. The van der Waals surface area contributed by atoms with E-state index in [1.54, 1.807) is 12.1 Å². The monoisotopic (exact) mass is 1310 g/mol. The van der Waals surface area contributed by atoms with Crippen LogP contribution >= 0.6 is 20.1 Å². The van der Waals surface area contributed by atoms with Crippen LogP contribution in [-0.4, -0.2) is 42.1 Å². The first-order valence-corrected chi connectivity index (χ1v) is 37.4. The number of hydrogen-bond acceptors (Lipinski definition) is 4. The molecule has 0 atom stereocenters. The maximum absolute atomic E-state index is 15.2. The zero-order valence-electron chi connectivity index (χ0n) is 52.9. The molecule has 0 saturated heterocycles. The Morgan fingerprint density at radius 1 is 0.344 bits per heavy atom. The minimum atomic E-state index is -4.70. The molecule has 18 rings (SSSR count). The van der Waals surface area contributed by atoms with Crippen LogP contribution in [0.25, 0.3) is 104 Å². The van der Waals surface area contributed by atoms with Crippen LogP contribution in [0, 0.1) is 0 Å². The molecule has 13 heteroatoms. The average molecular weight is 1310 g/mol. The van der Waals surface area contributed by atoms with Gasteiger partial charge in [-0.05, 0) is 211 Å². The van der Waals surface area contributed by atoms with E-state index in [4.69, 9.17) is 8.83 Å². The number of furan rings is 2. The molecule has 1 aliphatic carbocycles. The quantitative estimate of drug-likeness (QED) is 0.142. The topological polar surface area (TPSA) is 37.7 Å². The van der Waals surface area contributed by atoms with E-state index in [-0.39, 0.29) is 11.2 Å². The second-order valence-electron chi connectivity index (χ2n) is 26.8. The van der Waals surface area contributed by atoms with E-state index in [0.29, 0.717) is 44.1 Å². The zero-order chi connectivity index (χ0) is 65.7. The molecule has 1 aliphatic heterocycles. The molecule has 13 aromatic carbocycles. The second-order valence-corrected chi connectivity index (χ2v) is 35.1. The number of nitrogens with zero attached hydrogens (tertiary/aromatic N) is 3. The van der Waals surface area contributed by atoms with Gasteiger partial charge in [0.05, 0.1) is 44.6 Å². The van der Waals surface area contributed by atoms with Gasteiger partial charge in [0.15, 0.2) is 11.2 Å². The maximum atomic E-state index is 15.2. The van der Waals surface area contributed by atoms with Gasteiger partial charge in [-0.3, -0.25) is 0 Å². The van der Waals surface area contributed by atoms with Crippen LogP contribution in [0.3, 0.4) is 0 Å². The van der Waals surface area contributed by atoms with Crippen LogP contribution in [0.4, 0.5) is 60.5 Å². The smallest absolute Gasteiger partial charge is 0.420 e. The molecule has 4 heterocycles. The Kier molecular flexibility index (Phi) is 12.3. The molecular weight excluding hydrogens is 1250 g/mol. The summed E-state index contributed by atoms with van der Waals surface area (Å²) in [6, 6.07) is 82.5. The summed E-state index contributed by atoms with van der Waals surface area (Å²) in [6.07, 6.45) is 4.10. The standard InChI is InChI=1S/C83H59F6N3O2S2/c1-95(2,3)54-38-33-50(34-39-54)90(72-29-15-23-60-58-21-13-26-67(82(84,85)86)77(58)93-79(60)72)52-37-44-70-62(45-52)63-46-53(91(51-35-40-55(41-36-51)96(4,5)6)73-30-16-24-61-59-22-14-27-68(83(87,88)89)78(59)94-80(61)73)47-69-76(63)92(70)71-28-12-11-25-64(71)81(69)65-42-31-48-17-7-9-19-56(48)74(65)75-57-20-10-8-18-49(57)32-43-66(75)81/h7-47H,1-6H3. The van der Waals surface area contributed by atoms with E-state index < -0.39 is 49.0 Å². The Morgan fingerprint density at radius 2 is 0.771 bits per heavy atom. The number of aromatic nitrogens is 1. The van der Waals surface area contributed by atoms with E-state index >= 15 is 13.2 Å². The SMILES string of the molecule is CS(C)(C)c1ccc(N(c2ccc3c(c2)c2cc(N(c4ccc(S(C)(C)C)cc4)c4cccc5c4oc4c(C(F)(F)F)cccc45)cc4c2n3-c2ccccc2C42c3ccc4ccccc4c3-c3c2ccc2ccccc32)c2cccc3c2oc2c(C(F)(F)F)cccc23)cc1. The third kappa shape index (κ3) is 8.35. The summed E-state index contributed by atoms with van der Waals surface area (Å²) in [4.78, 5) is 6.60. The number of hydrogen-bond donors (Lipinski definition) is 0. The fourth-order valence-corrected chi connectivity index (χ4v) is 17.7. The van der Waals surface area contributed by atoms with Crippen molar-refractivity contribution in [3.05, 3.63) is 282 Å². The van der Waals surface area contributed by atoms with Crippen LogP contribution < -0.4 is 9.80 Å². The highest BCUT2D eigenvalue weighted by molar-refractivity contribution is 8.32. The van der Waals surface area contributed by atoms with Crippen molar-refractivity contribution < 1.29 is 35.2 Å². The summed E-state index contributed by atoms with van der Waals surface area (Å²) in [6.45, 7) is 0. The lowest BCUT2D eigenvalue weighted by Crippen LogP contribution is -2.33. The summed E-state index contributed by atoms with van der Waals surface area (Å²) in [5.74, 6) is 0. The number of alkyl halides is 6. The molecule has 2 aliphatic rings. The van der Waals surface area contributed by atoms with Crippen LogP contribution in [0.15, 0.2) is 267 Å². The molecule has 3 aromatic heterocycles. The van der Waals surface area contributed by atoms with Gasteiger partial charge in [0.2, 0.25) is 0 Å². The third-order valence-electron chi connectivity index (χ3n) is 19.9. The van der Waals surface area contributed by atoms with Gasteiger partial charge < -0.3 is 23.2 Å². The number of para-hydroxylation sites is 5. The first-order valence-electron chi connectivity index (χ1n) is 31.6. The molecule has 0 bridgehead atoms. The van der Waals surface area contributed by atoms with Gasteiger partial charge in [0.1, 0.15) is 11.2 Å². The second kappa shape index (κ2) is 20.3. The zero-order valence-corrected chi connectivity index (χ0v) is 54.5. The lowest BCUT2D eigenvalue weighted by Gasteiger charge is -2.40. The van der Waals surface area contributed by atoms with Crippen LogP contribution in [-0.2, 0) is 17.8 Å². The van der Waals surface area contributed by atoms with Crippen molar-refractivity contribution in [1.29, 1.82) is 0 Å². The number of anilines is 6. The maximum Gasteiger partial charge on any atom is 0.420 e. The number of benzene rings is 13. The Bertz CT molecular complexity index is 5900. The van der Waals surface area contributed by atoms with Gasteiger partial charge in [0.25, 0.3) is 0 Å². The van der Waals surface area contributed by atoms with Crippen molar-refractivity contribution in [1.82, 2.24) is 4.57 Å². The summed E-state index contributed by atoms with van der Waals surface area (Å²) in [5, 5.41) is 7.97. The molecule has 0 radical (unpaired) electrons. The van der Waals surface area contributed by atoms with Crippen molar-refractivity contribution in [3.8, 4) is 16.8 Å². The minimum Gasteiger partial charge on any atom is -0.453 e. The summed E-state index contributed by atoms with van der Waals surface area (Å²) >= 11 is 0. The van der Waals surface area contributed by atoms with Crippen molar-refractivity contribution >= 4 is 141 Å². The van der Waals surface area contributed by atoms with E-state index in [0.717, 1.165) is 117 Å². The highest BCUT2D eigenvalue weighted by Gasteiger charge is 2.52. The van der Waals surface area contributed by atoms with Gasteiger partial charge >= 0.3 is 12.4 Å². The number of halogens is 6. The van der Waals surface area contributed by atoms with Crippen molar-refractivity contribution in [2.45, 2.75) is 27.6 Å². The summed E-state index contributed by atoms with van der Waals surface area (Å²) in [5.41, 5.74) is 10.8. The van der Waals surface area contributed by atoms with Gasteiger partial charge in [-0.25, -0.2) is 20.1 Å². The molecular formula is C83H59F6N3O2S2. The van der Waals surface area contributed by atoms with Gasteiger partial charge in [-0.15, -0.1) is 0 Å². The van der Waals surface area contributed by atoms with Crippen LogP contribution in [0.1, 0.15) is 33.4 Å². The molecule has 0 unspecified atom stereocenters.